The first-order valence-electron chi connectivity index (χ1n) is 6.70. The number of hydrogen-bond acceptors (Lipinski definition) is 3. The van der Waals surface area contributed by atoms with Crippen molar-refractivity contribution in [2.75, 3.05) is 18.5 Å². The van der Waals surface area contributed by atoms with Crippen molar-refractivity contribution in [3.8, 4) is 11.5 Å². The average molecular weight is 290 g/mol. The lowest BCUT2D eigenvalue weighted by atomic mass is 10.1. The molecule has 3 rings (SSSR count). The number of para-hydroxylation sites is 2. The van der Waals surface area contributed by atoms with E-state index in [9.17, 15) is 0 Å². The fraction of sp³-hybridized carbons (Fsp3) is 0.250. The zero-order chi connectivity index (χ0) is 13.8. The van der Waals surface area contributed by atoms with Gasteiger partial charge in [0, 0.05) is 18.5 Å². The summed E-state index contributed by atoms with van der Waals surface area (Å²) in [6.07, 6.45) is 0.909. The highest BCUT2D eigenvalue weighted by Crippen LogP contribution is 2.34. The number of halogens is 1. The highest BCUT2D eigenvalue weighted by Gasteiger charge is 2.14. The molecule has 0 bridgehead atoms. The van der Waals surface area contributed by atoms with Gasteiger partial charge >= 0.3 is 0 Å². The van der Waals surface area contributed by atoms with Gasteiger partial charge in [0.2, 0.25) is 0 Å². The first kappa shape index (κ1) is 13.1. The first-order valence-corrected chi connectivity index (χ1v) is 7.08. The van der Waals surface area contributed by atoms with Crippen LogP contribution in [0.5, 0.6) is 11.5 Å². The molecule has 3 nitrogen and oxygen atoms in total. The molecule has 0 amide bonds. The minimum atomic E-state index is 0.649. The summed E-state index contributed by atoms with van der Waals surface area (Å²) in [4.78, 5) is 0. The second-order valence-corrected chi connectivity index (χ2v) is 5.04. The highest BCUT2D eigenvalue weighted by molar-refractivity contribution is 6.33. The van der Waals surface area contributed by atoms with E-state index in [-0.39, 0.29) is 0 Å². The molecular formula is C16H16ClNO2. The number of rotatable bonds is 3. The Morgan fingerprint density at radius 3 is 2.75 bits per heavy atom. The van der Waals surface area contributed by atoms with Gasteiger partial charge in [-0.15, -0.1) is 0 Å². The number of benzene rings is 2. The summed E-state index contributed by atoms with van der Waals surface area (Å²) in [6, 6.07) is 13.7. The van der Waals surface area contributed by atoms with Gasteiger partial charge in [-0.1, -0.05) is 35.9 Å². The second kappa shape index (κ2) is 6.06. The van der Waals surface area contributed by atoms with E-state index in [0.717, 1.165) is 29.2 Å². The van der Waals surface area contributed by atoms with Crippen molar-refractivity contribution in [1.82, 2.24) is 0 Å². The van der Waals surface area contributed by atoms with Crippen molar-refractivity contribution < 1.29 is 9.47 Å². The van der Waals surface area contributed by atoms with E-state index < -0.39 is 0 Å². The highest BCUT2D eigenvalue weighted by atomic mass is 35.5. The Balaban J connectivity index is 1.80. The van der Waals surface area contributed by atoms with Crippen LogP contribution >= 0.6 is 11.6 Å². The van der Waals surface area contributed by atoms with Crippen molar-refractivity contribution in [1.29, 1.82) is 0 Å². The molecule has 0 aromatic heterocycles. The number of anilines is 1. The minimum absolute atomic E-state index is 0.649. The van der Waals surface area contributed by atoms with Crippen LogP contribution < -0.4 is 14.8 Å². The van der Waals surface area contributed by atoms with E-state index >= 15 is 0 Å². The molecule has 0 unspecified atom stereocenters. The number of hydrogen-bond donors (Lipinski definition) is 1. The molecule has 1 aliphatic rings. The molecule has 0 aliphatic carbocycles. The van der Waals surface area contributed by atoms with Crippen molar-refractivity contribution in [2.45, 2.75) is 13.0 Å². The lowest BCUT2D eigenvalue weighted by Crippen LogP contribution is -2.03. The van der Waals surface area contributed by atoms with E-state index in [1.807, 2.05) is 42.5 Å². The maximum absolute atomic E-state index is 6.14. The van der Waals surface area contributed by atoms with Gasteiger partial charge in [-0.3, -0.25) is 0 Å². The van der Waals surface area contributed by atoms with E-state index in [1.54, 1.807) is 0 Å². The normalized spacial score (nSPS) is 13.7. The third kappa shape index (κ3) is 2.83. The number of ether oxygens (including phenoxy) is 2. The summed E-state index contributed by atoms with van der Waals surface area (Å²) in [5.74, 6) is 1.66. The molecule has 4 heteroatoms. The fourth-order valence-corrected chi connectivity index (χ4v) is 2.39. The molecule has 0 saturated carbocycles. The van der Waals surface area contributed by atoms with Crippen molar-refractivity contribution in [3.63, 3.8) is 0 Å². The standard InChI is InChI=1S/C16H16ClNO2/c17-13-6-1-2-7-14(13)18-11-12-5-3-8-15-16(12)20-10-4-9-19-15/h1-3,5-8,18H,4,9-11H2. The van der Waals surface area contributed by atoms with Crippen LogP contribution in [0.3, 0.4) is 0 Å². The Bertz CT molecular complexity index is 601. The zero-order valence-corrected chi connectivity index (χ0v) is 11.8. The van der Waals surface area contributed by atoms with E-state index in [4.69, 9.17) is 21.1 Å². The van der Waals surface area contributed by atoms with Gasteiger partial charge in [-0.2, -0.15) is 0 Å². The summed E-state index contributed by atoms with van der Waals surface area (Å²) >= 11 is 6.14. The van der Waals surface area contributed by atoms with Gasteiger partial charge < -0.3 is 14.8 Å². The van der Waals surface area contributed by atoms with Gasteiger partial charge in [0.1, 0.15) is 0 Å². The summed E-state index contributed by atoms with van der Waals surface area (Å²) in [5, 5.41) is 4.05. The van der Waals surface area contributed by atoms with Gasteiger partial charge in [0.05, 0.1) is 23.9 Å². The first-order chi connectivity index (χ1) is 9.84. The van der Waals surface area contributed by atoms with Gasteiger partial charge in [-0.25, -0.2) is 0 Å². The molecule has 1 N–H and O–H groups in total. The summed E-state index contributed by atoms with van der Waals surface area (Å²) < 4.78 is 11.5. The Morgan fingerprint density at radius 2 is 1.85 bits per heavy atom. The Morgan fingerprint density at radius 1 is 1.00 bits per heavy atom. The molecule has 0 fully saturated rings. The monoisotopic (exact) mass is 289 g/mol. The lowest BCUT2D eigenvalue weighted by Gasteiger charge is -2.14. The average Bonchev–Trinajstić information content (AvgIpc) is 2.72. The third-order valence-corrected chi connectivity index (χ3v) is 3.53. The van der Waals surface area contributed by atoms with Crippen LogP contribution in [0.1, 0.15) is 12.0 Å². The number of fused-ring (bicyclic) bond motifs is 1. The predicted octanol–water partition coefficient (Wildman–Crippen LogP) is 4.11. The van der Waals surface area contributed by atoms with Gasteiger partial charge in [-0.05, 0) is 18.2 Å². The molecule has 2 aromatic rings. The molecule has 2 aromatic carbocycles. The zero-order valence-electron chi connectivity index (χ0n) is 11.1. The van der Waals surface area contributed by atoms with Crippen LogP contribution in [-0.2, 0) is 6.54 Å². The Hall–Kier alpha value is -1.87. The SMILES string of the molecule is Clc1ccccc1NCc1cccc2c1OCCCO2. The molecule has 0 spiro atoms. The molecule has 104 valence electrons. The van der Waals surface area contributed by atoms with Gasteiger partial charge in [0.25, 0.3) is 0 Å². The third-order valence-electron chi connectivity index (χ3n) is 3.20. The van der Waals surface area contributed by atoms with Crippen LogP contribution in [0.4, 0.5) is 5.69 Å². The smallest absolute Gasteiger partial charge is 0.166 e. The lowest BCUT2D eigenvalue weighted by molar-refractivity contribution is 0.296. The fourth-order valence-electron chi connectivity index (χ4n) is 2.19. The van der Waals surface area contributed by atoms with E-state index in [0.29, 0.717) is 24.8 Å². The molecule has 20 heavy (non-hydrogen) atoms. The molecule has 0 radical (unpaired) electrons. The number of nitrogens with one attached hydrogen (secondary N) is 1. The van der Waals surface area contributed by atoms with Crippen LogP contribution in [0.2, 0.25) is 5.02 Å². The van der Waals surface area contributed by atoms with Gasteiger partial charge in [0.15, 0.2) is 11.5 Å². The van der Waals surface area contributed by atoms with Crippen LogP contribution in [-0.4, -0.2) is 13.2 Å². The van der Waals surface area contributed by atoms with Crippen molar-refractivity contribution in [3.05, 3.63) is 53.1 Å². The maximum atomic E-state index is 6.14. The largest absolute Gasteiger partial charge is 0.490 e. The van der Waals surface area contributed by atoms with E-state index in [2.05, 4.69) is 5.32 Å². The Labute approximate surface area is 123 Å². The minimum Gasteiger partial charge on any atom is -0.490 e. The van der Waals surface area contributed by atoms with Crippen molar-refractivity contribution >= 4 is 17.3 Å². The summed E-state index contributed by atoms with van der Waals surface area (Å²) in [7, 11) is 0. The summed E-state index contributed by atoms with van der Waals surface area (Å²) in [6.45, 7) is 2.04. The molecule has 0 atom stereocenters. The van der Waals surface area contributed by atoms with Crippen molar-refractivity contribution in [2.24, 2.45) is 0 Å². The summed E-state index contributed by atoms with van der Waals surface area (Å²) in [5.41, 5.74) is 1.99. The Kier molecular flexibility index (Phi) is 3.97. The van der Waals surface area contributed by atoms with E-state index in [1.165, 1.54) is 0 Å². The van der Waals surface area contributed by atoms with Crippen LogP contribution in [0, 0.1) is 0 Å². The topological polar surface area (TPSA) is 30.5 Å². The quantitative estimate of drug-likeness (QED) is 0.922. The molecular weight excluding hydrogens is 274 g/mol. The molecule has 1 heterocycles. The maximum Gasteiger partial charge on any atom is 0.166 e. The van der Waals surface area contributed by atoms with Crippen LogP contribution in [0.25, 0.3) is 0 Å². The second-order valence-electron chi connectivity index (χ2n) is 4.63. The molecule has 0 saturated heterocycles. The van der Waals surface area contributed by atoms with Crippen LogP contribution in [0.15, 0.2) is 42.5 Å². The predicted molar refractivity (Wildman–Crippen MR) is 80.8 cm³/mol. The molecule has 1 aliphatic heterocycles.